The molecule has 0 aliphatic carbocycles. The van der Waals surface area contributed by atoms with Gasteiger partial charge < -0.3 is 15.1 Å². The second-order valence-corrected chi connectivity index (χ2v) is 7.24. The lowest BCUT2D eigenvalue weighted by molar-refractivity contribution is 0.627. The third kappa shape index (κ3) is 3.83. The molecule has 1 N–H and O–H groups in total. The number of rotatable bonds is 5. The van der Waals surface area contributed by atoms with Crippen molar-refractivity contribution >= 4 is 28.6 Å². The first-order chi connectivity index (χ1) is 13.6. The van der Waals surface area contributed by atoms with Crippen LogP contribution in [0.3, 0.4) is 0 Å². The fourth-order valence-corrected chi connectivity index (χ4v) is 3.54. The summed E-state index contributed by atoms with van der Waals surface area (Å²) >= 11 is 0. The minimum atomic E-state index is 0.790. The van der Waals surface area contributed by atoms with Crippen molar-refractivity contribution in [3.63, 3.8) is 0 Å². The number of benzene rings is 1. The number of aryl methyl sites for hydroxylation is 2. The van der Waals surface area contributed by atoms with Crippen molar-refractivity contribution in [2.45, 2.75) is 27.2 Å². The van der Waals surface area contributed by atoms with Crippen LogP contribution in [0.4, 0.5) is 17.7 Å². The molecule has 0 spiro atoms. The van der Waals surface area contributed by atoms with Crippen molar-refractivity contribution in [1.82, 2.24) is 19.9 Å². The van der Waals surface area contributed by atoms with E-state index >= 15 is 0 Å². The van der Waals surface area contributed by atoms with Gasteiger partial charge >= 0.3 is 0 Å². The molecule has 1 aliphatic heterocycles. The average molecular weight is 377 g/mol. The van der Waals surface area contributed by atoms with Crippen LogP contribution >= 0.6 is 0 Å². The highest BCUT2D eigenvalue weighted by atomic mass is 15.4. The molecule has 1 saturated heterocycles. The van der Waals surface area contributed by atoms with Crippen LogP contribution in [0.15, 0.2) is 30.3 Å². The van der Waals surface area contributed by atoms with Gasteiger partial charge in [0, 0.05) is 49.5 Å². The second-order valence-electron chi connectivity index (χ2n) is 7.24. The summed E-state index contributed by atoms with van der Waals surface area (Å²) in [4.78, 5) is 23.4. The number of para-hydroxylation sites is 1. The molecule has 0 unspecified atom stereocenters. The summed E-state index contributed by atoms with van der Waals surface area (Å²) in [6.07, 6.45) is 1.06. The van der Waals surface area contributed by atoms with Crippen molar-refractivity contribution in [3.8, 4) is 0 Å². The van der Waals surface area contributed by atoms with E-state index in [9.17, 15) is 0 Å². The van der Waals surface area contributed by atoms with Crippen molar-refractivity contribution in [1.29, 1.82) is 0 Å². The Morgan fingerprint density at radius 3 is 2.11 bits per heavy atom. The molecule has 0 amide bonds. The van der Waals surface area contributed by atoms with Crippen molar-refractivity contribution in [3.05, 3.63) is 41.7 Å². The number of hydrogen-bond donors (Lipinski definition) is 1. The Morgan fingerprint density at radius 2 is 1.46 bits per heavy atom. The third-order valence-electron chi connectivity index (χ3n) is 4.95. The maximum Gasteiger partial charge on any atom is 0.228 e. The summed E-state index contributed by atoms with van der Waals surface area (Å²) in [5.41, 5.74) is 3.00. The SMILES string of the molecule is CCCNc1nc(N2CCN(c3nc(C)cc(C)n3)CC2)nc2ccccc12. The monoisotopic (exact) mass is 377 g/mol. The zero-order valence-corrected chi connectivity index (χ0v) is 16.8. The van der Waals surface area contributed by atoms with Gasteiger partial charge in [-0.2, -0.15) is 4.98 Å². The highest BCUT2D eigenvalue weighted by Gasteiger charge is 2.22. The molecule has 7 nitrogen and oxygen atoms in total. The number of fused-ring (bicyclic) bond motifs is 1. The normalized spacial score (nSPS) is 14.5. The van der Waals surface area contributed by atoms with Crippen LogP contribution in [0.25, 0.3) is 10.9 Å². The molecule has 1 aromatic carbocycles. The summed E-state index contributed by atoms with van der Waals surface area (Å²) in [5, 5.41) is 4.53. The molecule has 1 fully saturated rings. The predicted molar refractivity (Wildman–Crippen MR) is 114 cm³/mol. The van der Waals surface area contributed by atoms with E-state index in [1.807, 2.05) is 32.0 Å². The highest BCUT2D eigenvalue weighted by molar-refractivity contribution is 5.90. The first-order valence-corrected chi connectivity index (χ1v) is 9.97. The Bertz CT molecular complexity index is 944. The number of aromatic nitrogens is 4. The van der Waals surface area contributed by atoms with Crippen molar-refractivity contribution in [2.24, 2.45) is 0 Å². The molecule has 0 bridgehead atoms. The maximum absolute atomic E-state index is 4.84. The summed E-state index contributed by atoms with van der Waals surface area (Å²) < 4.78 is 0. The molecule has 146 valence electrons. The fraction of sp³-hybridized carbons (Fsp3) is 0.429. The van der Waals surface area contributed by atoms with E-state index < -0.39 is 0 Å². The van der Waals surface area contributed by atoms with Crippen LogP contribution in [0.5, 0.6) is 0 Å². The van der Waals surface area contributed by atoms with Gasteiger partial charge in [0.2, 0.25) is 11.9 Å². The van der Waals surface area contributed by atoms with Gasteiger partial charge in [0.1, 0.15) is 5.82 Å². The number of nitrogens with one attached hydrogen (secondary N) is 1. The molecule has 28 heavy (non-hydrogen) atoms. The van der Waals surface area contributed by atoms with Gasteiger partial charge in [-0.3, -0.25) is 0 Å². The van der Waals surface area contributed by atoms with E-state index in [4.69, 9.17) is 9.97 Å². The van der Waals surface area contributed by atoms with Crippen LogP contribution in [0.2, 0.25) is 0 Å². The number of piperazine rings is 1. The standard InChI is InChI=1S/C21H27N7/c1-4-9-22-19-17-7-5-6-8-18(17)25-21(26-19)28-12-10-27(11-13-28)20-23-15(2)14-16(3)24-20/h5-8,14H,4,9-13H2,1-3H3,(H,22,25,26). The Morgan fingerprint density at radius 1 is 0.857 bits per heavy atom. The predicted octanol–water partition coefficient (Wildman–Crippen LogP) is 3.19. The molecule has 4 rings (SSSR count). The van der Waals surface area contributed by atoms with Gasteiger partial charge in [0.05, 0.1) is 5.52 Å². The Balaban J connectivity index is 1.55. The van der Waals surface area contributed by atoms with E-state index in [1.54, 1.807) is 0 Å². The molecule has 3 heterocycles. The fourth-order valence-electron chi connectivity index (χ4n) is 3.54. The number of anilines is 3. The van der Waals surface area contributed by atoms with Crippen molar-refractivity contribution < 1.29 is 0 Å². The summed E-state index contributed by atoms with van der Waals surface area (Å²) in [7, 11) is 0. The molecular weight excluding hydrogens is 350 g/mol. The molecular formula is C21H27N7. The van der Waals surface area contributed by atoms with Gasteiger partial charge in [-0.1, -0.05) is 19.1 Å². The number of nitrogens with zero attached hydrogens (tertiary/aromatic N) is 6. The Kier molecular flexibility index (Phi) is 5.23. The Labute approximate surface area is 165 Å². The lowest BCUT2D eigenvalue weighted by Gasteiger charge is -2.35. The molecule has 0 saturated carbocycles. The summed E-state index contributed by atoms with van der Waals surface area (Å²) in [6, 6.07) is 10.2. The van der Waals surface area contributed by atoms with Crippen LogP contribution < -0.4 is 15.1 Å². The maximum atomic E-state index is 4.84. The van der Waals surface area contributed by atoms with Gasteiger partial charge in [0.25, 0.3) is 0 Å². The minimum absolute atomic E-state index is 0.790. The van der Waals surface area contributed by atoms with E-state index in [-0.39, 0.29) is 0 Å². The van der Waals surface area contributed by atoms with Crippen LogP contribution in [0.1, 0.15) is 24.7 Å². The van der Waals surface area contributed by atoms with Gasteiger partial charge in [-0.15, -0.1) is 0 Å². The molecule has 1 aliphatic rings. The second kappa shape index (κ2) is 7.96. The van der Waals surface area contributed by atoms with Crippen LogP contribution in [-0.2, 0) is 0 Å². The van der Waals surface area contributed by atoms with Crippen LogP contribution in [0, 0.1) is 13.8 Å². The third-order valence-corrected chi connectivity index (χ3v) is 4.95. The molecule has 0 radical (unpaired) electrons. The quantitative estimate of drug-likeness (QED) is 0.732. The lowest BCUT2D eigenvalue weighted by Crippen LogP contribution is -2.47. The molecule has 7 heteroatoms. The highest BCUT2D eigenvalue weighted by Crippen LogP contribution is 2.24. The zero-order chi connectivity index (χ0) is 19.5. The lowest BCUT2D eigenvalue weighted by atomic mass is 10.2. The molecule has 2 aromatic heterocycles. The first-order valence-electron chi connectivity index (χ1n) is 9.97. The van der Waals surface area contributed by atoms with E-state index in [2.05, 4.69) is 44.1 Å². The first kappa shape index (κ1) is 18.4. The topological polar surface area (TPSA) is 70.1 Å². The van der Waals surface area contributed by atoms with Gasteiger partial charge in [-0.25, -0.2) is 15.0 Å². The van der Waals surface area contributed by atoms with Gasteiger partial charge in [0.15, 0.2) is 0 Å². The van der Waals surface area contributed by atoms with E-state index in [1.165, 1.54) is 0 Å². The molecule has 0 atom stereocenters. The minimum Gasteiger partial charge on any atom is -0.369 e. The summed E-state index contributed by atoms with van der Waals surface area (Å²) in [5.74, 6) is 2.53. The van der Waals surface area contributed by atoms with Crippen molar-refractivity contribution in [2.75, 3.05) is 47.8 Å². The largest absolute Gasteiger partial charge is 0.369 e. The van der Waals surface area contributed by atoms with Gasteiger partial charge in [-0.05, 0) is 38.5 Å². The summed E-state index contributed by atoms with van der Waals surface area (Å²) in [6.45, 7) is 10.5. The Hall–Kier alpha value is -2.96. The average Bonchev–Trinajstić information content (AvgIpc) is 2.71. The molecule has 3 aromatic rings. The zero-order valence-electron chi connectivity index (χ0n) is 16.8. The van der Waals surface area contributed by atoms with E-state index in [0.29, 0.717) is 0 Å². The van der Waals surface area contributed by atoms with E-state index in [0.717, 1.165) is 79.1 Å². The number of hydrogen-bond acceptors (Lipinski definition) is 7. The smallest absolute Gasteiger partial charge is 0.228 e. The van der Waals surface area contributed by atoms with Crippen LogP contribution in [-0.4, -0.2) is 52.7 Å².